The monoisotopic (exact) mass is 370 g/mol. The molecule has 1 unspecified atom stereocenters. The van der Waals surface area contributed by atoms with Crippen molar-refractivity contribution in [1.29, 1.82) is 0 Å². The van der Waals surface area contributed by atoms with Crippen LogP contribution in [0, 0.1) is 0 Å². The molecular weight excluding hydrogens is 350 g/mol. The lowest BCUT2D eigenvalue weighted by Gasteiger charge is -2.35. The van der Waals surface area contributed by atoms with E-state index in [9.17, 15) is 23.2 Å². The minimum atomic E-state index is -3.08. The molecule has 0 N–H and O–H groups in total. The van der Waals surface area contributed by atoms with Crippen LogP contribution >= 0.6 is 0 Å². The normalized spacial score (nSPS) is 15.6. The maximum absolute atomic E-state index is 12.4. The molecule has 2 rings (SSSR count). The van der Waals surface area contributed by atoms with Gasteiger partial charge in [0, 0.05) is 33.1 Å². The average Bonchev–Trinajstić information content (AvgIpc) is 2.61. The third-order valence-corrected chi connectivity index (χ3v) is 3.99. The Hall–Kier alpha value is -2.71. The molecular formula is C17H20F2N2O5. The second-order valence-electron chi connectivity index (χ2n) is 5.75. The highest BCUT2D eigenvalue weighted by atomic mass is 19.3. The smallest absolute Gasteiger partial charge is 0.387 e. The highest BCUT2D eigenvalue weighted by Crippen LogP contribution is 2.22. The van der Waals surface area contributed by atoms with E-state index in [0.717, 1.165) is 0 Å². The van der Waals surface area contributed by atoms with Gasteiger partial charge in [0.1, 0.15) is 11.3 Å². The summed E-state index contributed by atoms with van der Waals surface area (Å²) in [5.41, 5.74) is -0.186. The molecule has 7 nitrogen and oxygen atoms in total. The van der Waals surface area contributed by atoms with E-state index < -0.39 is 24.6 Å². The molecule has 1 aromatic rings. The van der Waals surface area contributed by atoms with Gasteiger partial charge in [-0.15, -0.1) is 0 Å². The predicted molar refractivity (Wildman–Crippen MR) is 86.8 cm³/mol. The Morgan fingerprint density at radius 2 is 1.62 bits per heavy atom. The summed E-state index contributed by atoms with van der Waals surface area (Å²) >= 11 is 0. The Kier molecular flexibility index (Phi) is 6.48. The Bertz CT molecular complexity index is 675. The molecule has 0 aliphatic carbocycles. The summed E-state index contributed by atoms with van der Waals surface area (Å²) in [6.07, 6.45) is -1.09. The number of esters is 1. The lowest BCUT2D eigenvalue weighted by Crippen LogP contribution is -2.52. The van der Waals surface area contributed by atoms with Gasteiger partial charge in [-0.2, -0.15) is 8.78 Å². The van der Waals surface area contributed by atoms with Gasteiger partial charge in [0.15, 0.2) is 6.10 Å². The molecule has 0 aromatic heterocycles. The lowest BCUT2D eigenvalue weighted by atomic mass is 10.2. The quantitative estimate of drug-likeness (QED) is 0.735. The zero-order valence-corrected chi connectivity index (χ0v) is 14.5. The van der Waals surface area contributed by atoms with Crippen LogP contribution in [0.2, 0.25) is 0 Å². The van der Waals surface area contributed by atoms with Crippen LogP contribution in [0.1, 0.15) is 24.2 Å². The first-order chi connectivity index (χ1) is 12.3. The van der Waals surface area contributed by atoms with E-state index in [0.29, 0.717) is 26.2 Å². The van der Waals surface area contributed by atoms with Crippen LogP contribution < -0.4 is 4.74 Å². The van der Waals surface area contributed by atoms with Crippen molar-refractivity contribution in [1.82, 2.24) is 9.80 Å². The molecule has 1 aromatic carbocycles. The van der Waals surface area contributed by atoms with Crippen molar-refractivity contribution in [3.8, 4) is 5.75 Å². The van der Waals surface area contributed by atoms with E-state index in [4.69, 9.17) is 4.74 Å². The summed E-state index contributed by atoms with van der Waals surface area (Å²) < 4.78 is 34.3. The number of nitrogens with zero attached hydrogens (tertiary/aromatic N) is 2. The number of carbonyl (C=O) groups is 3. The van der Waals surface area contributed by atoms with Crippen LogP contribution in [-0.4, -0.2) is 66.5 Å². The Morgan fingerprint density at radius 1 is 1.04 bits per heavy atom. The summed E-state index contributed by atoms with van der Waals surface area (Å²) in [6.45, 7) is 1.28. The van der Waals surface area contributed by atoms with Crippen molar-refractivity contribution in [2.45, 2.75) is 26.6 Å². The zero-order valence-electron chi connectivity index (χ0n) is 14.5. The molecule has 0 saturated carbocycles. The topological polar surface area (TPSA) is 76.2 Å². The van der Waals surface area contributed by atoms with E-state index in [-0.39, 0.29) is 17.2 Å². The number of alkyl halides is 2. The zero-order chi connectivity index (χ0) is 19.3. The maximum Gasteiger partial charge on any atom is 0.387 e. The lowest BCUT2D eigenvalue weighted by molar-refractivity contribution is -0.144. The molecule has 0 spiro atoms. The molecule has 1 heterocycles. The fourth-order valence-corrected chi connectivity index (χ4v) is 2.61. The van der Waals surface area contributed by atoms with E-state index >= 15 is 0 Å². The molecule has 1 aliphatic heterocycles. The van der Waals surface area contributed by atoms with Crippen LogP contribution in [0.4, 0.5) is 8.78 Å². The Balaban J connectivity index is 1.97. The molecule has 1 aliphatic rings. The molecule has 142 valence electrons. The van der Waals surface area contributed by atoms with Crippen LogP contribution in [0.15, 0.2) is 24.3 Å². The summed E-state index contributed by atoms with van der Waals surface area (Å²) in [7, 11) is 0. The number of piperazine rings is 1. The predicted octanol–water partition coefficient (Wildman–Crippen LogP) is 1.52. The van der Waals surface area contributed by atoms with Gasteiger partial charge in [0.25, 0.3) is 5.91 Å². The Labute approximate surface area is 149 Å². The third kappa shape index (κ3) is 4.90. The van der Waals surface area contributed by atoms with Gasteiger partial charge in [0.2, 0.25) is 5.91 Å². The van der Waals surface area contributed by atoms with Crippen molar-refractivity contribution in [2.24, 2.45) is 0 Å². The van der Waals surface area contributed by atoms with E-state index in [1.807, 2.05) is 0 Å². The van der Waals surface area contributed by atoms with Gasteiger partial charge in [0.05, 0.1) is 0 Å². The molecule has 0 bridgehead atoms. The highest BCUT2D eigenvalue weighted by Gasteiger charge is 2.29. The van der Waals surface area contributed by atoms with Gasteiger partial charge in [-0.3, -0.25) is 9.59 Å². The van der Waals surface area contributed by atoms with Crippen LogP contribution in [0.25, 0.3) is 0 Å². The third-order valence-electron chi connectivity index (χ3n) is 3.99. The van der Waals surface area contributed by atoms with E-state index in [1.54, 1.807) is 4.90 Å². The number of rotatable bonds is 5. The molecule has 1 saturated heterocycles. The van der Waals surface area contributed by atoms with Gasteiger partial charge >= 0.3 is 12.6 Å². The summed E-state index contributed by atoms with van der Waals surface area (Å²) in [4.78, 5) is 39.0. The Morgan fingerprint density at radius 3 is 2.19 bits per heavy atom. The fraction of sp³-hybridized carbons (Fsp3) is 0.471. The number of amides is 2. The van der Waals surface area contributed by atoms with Crippen LogP contribution in [0.5, 0.6) is 5.75 Å². The van der Waals surface area contributed by atoms with Crippen molar-refractivity contribution in [3.05, 3.63) is 29.8 Å². The first kappa shape index (κ1) is 19.6. The minimum absolute atomic E-state index is 0.0628. The number of hydrogen-bond acceptors (Lipinski definition) is 5. The second kappa shape index (κ2) is 8.59. The fourth-order valence-electron chi connectivity index (χ4n) is 2.61. The molecule has 1 fully saturated rings. The van der Waals surface area contributed by atoms with Crippen LogP contribution in [-0.2, 0) is 14.3 Å². The van der Waals surface area contributed by atoms with E-state index in [2.05, 4.69) is 4.74 Å². The number of benzene rings is 1. The first-order valence-corrected chi connectivity index (χ1v) is 8.08. The number of para-hydroxylation sites is 1. The number of ether oxygens (including phenoxy) is 2. The standard InChI is InChI=1S/C17H20F2N2O5/c1-11(15(23)21-9-7-20(8-10-21)12(2)22)25-16(24)13-5-3-4-6-14(13)26-17(18)19/h3-6,11,17H,7-10H2,1-2H3. The minimum Gasteiger partial charge on any atom is -0.449 e. The molecule has 9 heteroatoms. The first-order valence-electron chi connectivity index (χ1n) is 8.08. The van der Waals surface area contributed by atoms with Crippen LogP contribution in [0.3, 0.4) is 0 Å². The summed E-state index contributed by atoms with van der Waals surface area (Å²) in [5, 5.41) is 0. The van der Waals surface area contributed by atoms with Gasteiger partial charge in [-0.05, 0) is 19.1 Å². The molecule has 2 amide bonds. The molecule has 26 heavy (non-hydrogen) atoms. The number of hydrogen-bond donors (Lipinski definition) is 0. The van der Waals surface area contributed by atoms with Crippen molar-refractivity contribution < 1.29 is 32.6 Å². The summed E-state index contributed by atoms with van der Waals surface area (Å²) in [6, 6.07) is 5.42. The van der Waals surface area contributed by atoms with Gasteiger partial charge in [-0.25, -0.2) is 4.79 Å². The maximum atomic E-state index is 12.4. The molecule has 0 radical (unpaired) electrons. The van der Waals surface area contributed by atoms with Crippen molar-refractivity contribution >= 4 is 17.8 Å². The van der Waals surface area contributed by atoms with Crippen molar-refractivity contribution in [3.63, 3.8) is 0 Å². The largest absolute Gasteiger partial charge is 0.449 e. The molecule has 1 atom stereocenters. The second-order valence-corrected chi connectivity index (χ2v) is 5.75. The number of halogens is 2. The SMILES string of the molecule is CC(=O)N1CCN(C(=O)C(C)OC(=O)c2ccccc2OC(F)F)CC1. The van der Waals surface area contributed by atoms with Gasteiger partial charge in [-0.1, -0.05) is 12.1 Å². The number of carbonyl (C=O) groups excluding carboxylic acids is 3. The van der Waals surface area contributed by atoms with Gasteiger partial charge < -0.3 is 19.3 Å². The van der Waals surface area contributed by atoms with E-state index in [1.165, 1.54) is 43.0 Å². The summed E-state index contributed by atoms with van der Waals surface area (Å²) in [5.74, 6) is -1.72. The highest BCUT2D eigenvalue weighted by molar-refractivity contribution is 5.94. The average molecular weight is 370 g/mol. The van der Waals surface area contributed by atoms with Crippen molar-refractivity contribution in [2.75, 3.05) is 26.2 Å².